The van der Waals surface area contributed by atoms with Crippen LogP contribution >= 0.6 is 0 Å². The maximum Gasteiger partial charge on any atom is 0.169 e. The third-order valence-corrected chi connectivity index (χ3v) is 5.29. The van der Waals surface area contributed by atoms with Gasteiger partial charge in [0.05, 0.1) is 19.8 Å². The molecule has 4 nitrogen and oxygen atoms in total. The summed E-state index contributed by atoms with van der Waals surface area (Å²) in [7, 11) is 3.42. The lowest BCUT2D eigenvalue weighted by atomic mass is 10.1. The van der Waals surface area contributed by atoms with E-state index >= 15 is 0 Å². The molecule has 0 unspecified atom stereocenters. The van der Waals surface area contributed by atoms with Gasteiger partial charge in [-0.05, 0) is 24.6 Å². The average Bonchev–Trinajstić information content (AvgIpc) is 2.65. The van der Waals surface area contributed by atoms with Crippen molar-refractivity contribution >= 4 is 0 Å². The van der Waals surface area contributed by atoms with Crippen LogP contribution in [0.1, 0.15) is 16.7 Å². The van der Waals surface area contributed by atoms with E-state index in [1.807, 2.05) is 6.07 Å². The van der Waals surface area contributed by atoms with Gasteiger partial charge >= 0.3 is 0 Å². The zero-order valence-corrected chi connectivity index (χ0v) is 15.6. The van der Waals surface area contributed by atoms with Crippen molar-refractivity contribution in [3.05, 3.63) is 59.2 Å². The summed E-state index contributed by atoms with van der Waals surface area (Å²) in [6.45, 7) is 9.18. The molecule has 0 radical (unpaired) electrons. The molecule has 25 heavy (non-hydrogen) atoms. The lowest BCUT2D eigenvalue weighted by Gasteiger charge is -2.30. The highest BCUT2D eigenvalue weighted by atomic mass is 16.5. The van der Waals surface area contributed by atoms with Crippen molar-refractivity contribution in [2.24, 2.45) is 0 Å². The van der Waals surface area contributed by atoms with Crippen LogP contribution in [0.5, 0.6) is 11.5 Å². The zero-order valence-electron chi connectivity index (χ0n) is 15.6. The van der Waals surface area contributed by atoms with Crippen LogP contribution in [0.2, 0.25) is 0 Å². The molecule has 2 aromatic rings. The standard InChI is InChI=1S/C21H28N2O2/c1-17-7-4-5-8-18(17)15-22-11-13-23(14-12-22)16-19-9-6-10-20(24-2)21(19)25-3/h4-10H,11-16H2,1-3H3/p+2. The van der Waals surface area contributed by atoms with Gasteiger partial charge in [0.1, 0.15) is 39.3 Å². The van der Waals surface area contributed by atoms with Crippen molar-refractivity contribution in [1.29, 1.82) is 0 Å². The number of nitrogens with one attached hydrogen (secondary N) is 2. The van der Waals surface area contributed by atoms with E-state index in [0.717, 1.165) is 24.6 Å². The summed E-state index contributed by atoms with van der Waals surface area (Å²) in [5, 5.41) is 0. The van der Waals surface area contributed by atoms with Crippen LogP contribution in [-0.4, -0.2) is 40.4 Å². The van der Waals surface area contributed by atoms with Gasteiger partial charge in [-0.25, -0.2) is 0 Å². The van der Waals surface area contributed by atoms with Gasteiger partial charge in [0.25, 0.3) is 0 Å². The van der Waals surface area contributed by atoms with E-state index in [2.05, 4.69) is 43.3 Å². The third kappa shape index (κ3) is 4.33. The SMILES string of the molecule is COc1cccc(C[NH+]2CC[NH+](Cc3ccccc3C)CC2)c1OC. The molecule has 3 rings (SSSR count). The van der Waals surface area contributed by atoms with E-state index in [-0.39, 0.29) is 0 Å². The quantitative estimate of drug-likeness (QED) is 0.800. The van der Waals surface area contributed by atoms with E-state index in [1.165, 1.54) is 42.9 Å². The highest BCUT2D eigenvalue weighted by Crippen LogP contribution is 2.30. The predicted octanol–water partition coefficient (Wildman–Crippen LogP) is 0.496. The number of hydrogen-bond donors (Lipinski definition) is 2. The topological polar surface area (TPSA) is 27.3 Å². The number of methoxy groups -OCH3 is 2. The smallest absolute Gasteiger partial charge is 0.169 e. The van der Waals surface area contributed by atoms with Crippen molar-refractivity contribution in [1.82, 2.24) is 0 Å². The molecule has 134 valence electrons. The summed E-state index contributed by atoms with van der Waals surface area (Å²) < 4.78 is 11.0. The van der Waals surface area contributed by atoms with Crippen molar-refractivity contribution in [2.45, 2.75) is 20.0 Å². The second-order valence-corrected chi connectivity index (χ2v) is 6.93. The molecule has 1 saturated heterocycles. The first-order valence-electron chi connectivity index (χ1n) is 9.12. The molecule has 0 spiro atoms. The Bertz CT molecular complexity index is 694. The molecular formula is C21H30N2O2+2. The molecule has 1 aliphatic heterocycles. The Morgan fingerprint density at radius 3 is 1.96 bits per heavy atom. The zero-order chi connectivity index (χ0) is 17.6. The Kier molecular flexibility index (Phi) is 5.95. The van der Waals surface area contributed by atoms with Gasteiger partial charge in [0, 0.05) is 5.56 Å². The van der Waals surface area contributed by atoms with Crippen molar-refractivity contribution in [3.8, 4) is 11.5 Å². The first-order valence-corrected chi connectivity index (χ1v) is 9.12. The van der Waals surface area contributed by atoms with Gasteiger partial charge in [-0.2, -0.15) is 0 Å². The maximum atomic E-state index is 5.58. The minimum absolute atomic E-state index is 0.822. The number of piperazine rings is 1. The summed E-state index contributed by atoms with van der Waals surface area (Å²) in [5.74, 6) is 1.70. The average molecular weight is 342 g/mol. The van der Waals surface area contributed by atoms with Crippen LogP contribution in [0.15, 0.2) is 42.5 Å². The summed E-state index contributed by atoms with van der Waals surface area (Å²) in [6.07, 6.45) is 0. The summed E-state index contributed by atoms with van der Waals surface area (Å²) in [5.41, 5.74) is 4.13. The molecule has 2 aromatic carbocycles. The maximum absolute atomic E-state index is 5.58. The van der Waals surface area contributed by atoms with E-state index in [4.69, 9.17) is 9.47 Å². The lowest BCUT2D eigenvalue weighted by Crippen LogP contribution is -3.27. The number of benzene rings is 2. The van der Waals surface area contributed by atoms with Gasteiger partial charge in [-0.1, -0.05) is 30.3 Å². The molecule has 2 N–H and O–H groups in total. The Labute approximate surface area is 151 Å². The van der Waals surface area contributed by atoms with Crippen molar-refractivity contribution < 1.29 is 19.3 Å². The summed E-state index contributed by atoms with van der Waals surface area (Å²) in [4.78, 5) is 3.32. The first-order chi connectivity index (χ1) is 12.2. The monoisotopic (exact) mass is 342 g/mol. The fraction of sp³-hybridized carbons (Fsp3) is 0.429. The van der Waals surface area contributed by atoms with Gasteiger partial charge in [-0.15, -0.1) is 0 Å². The predicted molar refractivity (Wildman–Crippen MR) is 99.5 cm³/mol. The molecule has 0 saturated carbocycles. The highest BCUT2D eigenvalue weighted by molar-refractivity contribution is 5.46. The number of ether oxygens (including phenoxy) is 2. The van der Waals surface area contributed by atoms with Crippen LogP contribution in [0.4, 0.5) is 0 Å². The van der Waals surface area contributed by atoms with E-state index in [9.17, 15) is 0 Å². The largest absolute Gasteiger partial charge is 0.493 e. The number of hydrogen-bond acceptors (Lipinski definition) is 2. The summed E-state index contributed by atoms with van der Waals surface area (Å²) in [6, 6.07) is 14.9. The third-order valence-electron chi connectivity index (χ3n) is 5.29. The van der Waals surface area contributed by atoms with Crippen LogP contribution in [-0.2, 0) is 13.1 Å². The van der Waals surface area contributed by atoms with Gasteiger partial charge in [0.2, 0.25) is 0 Å². The van der Waals surface area contributed by atoms with Crippen LogP contribution in [0.3, 0.4) is 0 Å². The van der Waals surface area contributed by atoms with Crippen LogP contribution < -0.4 is 19.3 Å². The van der Waals surface area contributed by atoms with Gasteiger partial charge < -0.3 is 19.3 Å². The molecule has 0 bridgehead atoms. The minimum Gasteiger partial charge on any atom is -0.493 e. The van der Waals surface area contributed by atoms with E-state index < -0.39 is 0 Å². The van der Waals surface area contributed by atoms with Crippen molar-refractivity contribution in [3.63, 3.8) is 0 Å². The lowest BCUT2D eigenvalue weighted by molar-refractivity contribution is -1.02. The first kappa shape index (κ1) is 17.8. The molecule has 0 amide bonds. The van der Waals surface area contributed by atoms with E-state index in [1.54, 1.807) is 24.0 Å². The van der Waals surface area contributed by atoms with E-state index in [0.29, 0.717) is 0 Å². The molecule has 1 fully saturated rings. The highest BCUT2D eigenvalue weighted by Gasteiger charge is 2.25. The molecule has 0 aromatic heterocycles. The summed E-state index contributed by atoms with van der Waals surface area (Å²) >= 11 is 0. The number of aryl methyl sites for hydroxylation is 1. The Hall–Kier alpha value is -2.04. The van der Waals surface area contributed by atoms with Gasteiger partial charge in [0.15, 0.2) is 11.5 Å². The molecule has 1 aliphatic rings. The number of quaternary nitrogens is 2. The second kappa shape index (κ2) is 8.37. The number of para-hydroxylation sites is 1. The molecule has 0 atom stereocenters. The Morgan fingerprint density at radius 2 is 1.36 bits per heavy atom. The molecule has 1 heterocycles. The van der Waals surface area contributed by atoms with Gasteiger partial charge in [-0.3, -0.25) is 0 Å². The Morgan fingerprint density at radius 1 is 0.760 bits per heavy atom. The Balaban J connectivity index is 1.57. The number of rotatable bonds is 6. The fourth-order valence-corrected chi connectivity index (χ4v) is 3.75. The fourth-order valence-electron chi connectivity index (χ4n) is 3.75. The minimum atomic E-state index is 0.822. The van der Waals surface area contributed by atoms with Crippen molar-refractivity contribution in [2.75, 3.05) is 40.4 Å². The molecule has 4 heteroatoms. The molecular weight excluding hydrogens is 312 g/mol. The normalized spacial score (nSPS) is 20.3. The van der Waals surface area contributed by atoms with Crippen LogP contribution in [0.25, 0.3) is 0 Å². The van der Waals surface area contributed by atoms with Crippen LogP contribution in [0, 0.1) is 6.92 Å². The second-order valence-electron chi connectivity index (χ2n) is 6.93. The molecule has 0 aliphatic carbocycles.